The van der Waals surface area contributed by atoms with Crippen LogP contribution in [0.3, 0.4) is 0 Å². The van der Waals surface area contributed by atoms with Gasteiger partial charge in [0.05, 0.1) is 30.3 Å². The molecule has 2 amide bonds. The number of ether oxygens (including phenoxy) is 2. The highest BCUT2D eigenvalue weighted by atomic mass is 35.5. The lowest BCUT2D eigenvalue weighted by molar-refractivity contribution is -0.125. The molecule has 0 aliphatic carbocycles. The minimum absolute atomic E-state index is 0.118. The van der Waals surface area contributed by atoms with Crippen molar-refractivity contribution in [1.82, 2.24) is 4.31 Å². The Hall–Kier alpha value is -3.44. The molecule has 3 aromatic carbocycles. The summed E-state index contributed by atoms with van der Waals surface area (Å²) in [6.45, 7) is 3.30. The van der Waals surface area contributed by atoms with E-state index in [0.717, 1.165) is 5.56 Å². The fourth-order valence-corrected chi connectivity index (χ4v) is 5.87. The Labute approximate surface area is 226 Å². The van der Waals surface area contributed by atoms with Crippen molar-refractivity contribution < 1.29 is 27.5 Å². The molecule has 1 N–H and O–H groups in total. The van der Waals surface area contributed by atoms with Gasteiger partial charge in [0.25, 0.3) is 11.8 Å². The van der Waals surface area contributed by atoms with Gasteiger partial charge >= 0.3 is 0 Å². The van der Waals surface area contributed by atoms with Crippen molar-refractivity contribution >= 4 is 44.8 Å². The van der Waals surface area contributed by atoms with Crippen LogP contribution >= 0.6 is 11.6 Å². The molecular weight excluding hydrogens is 530 g/mol. The highest BCUT2D eigenvalue weighted by Gasteiger charge is 2.32. The first-order valence-corrected chi connectivity index (χ1v) is 13.9. The molecule has 0 radical (unpaired) electrons. The average Bonchev–Trinajstić information content (AvgIpc) is 2.93. The van der Waals surface area contributed by atoms with Crippen LogP contribution in [0.5, 0.6) is 5.75 Å². The maximum atomic E-state index is 13.0. The Kier molecular flexibility index (Phi) is 7.40. The first kappa shape index (κ1) is 26.2. The number of rotatable bonds is 6. The lowest BCUT2D eigenvalue weighted by atomic mass is 10.1. The smallest absolute Gasteiger partial charge is 0.268 e. The Bertz CT molecular complexity index is 1460. The number of carbonyl (C=O) groups is 2. The van der Waals surface area contributed by atoms with E-state index in [9.17, 15) is 18.0 Å². The van der Waals surface area contributed by atoms with Crippen LogP contribution in [0.4, 0.5) is 11.4 Å². The molecule has 3 aromatic rings. The number of benzene rings is 3. The number of amides is 2. The summed E-state index contributed by atoms with van der Waals surface area (Å²) in [4.78, 5) is 27.7. The fraction of sp³-hybridized carbons (Fsp3) is 0.259. The number of carbonyl (C=O) groups excluding carboxylic acids is 2. The highest BCUT2D eigenvalue weighted by Crippen LogP contribution is 2.37. The monoisotopic (exact) mass is 555 g/mol. The molecule has 2 heterocycles. The van der Waals surface area contributed by atoms with Gasteiger partial charge in [0, 0.05) is 29.4 Å². The number of morpholine rings is 1. The Morgan fingerprint density at radius 2 is 1.71 bits per heavy atom. The van der Waals surface area contributed by atoms with Gasteiger partial charge in [-0.25, -0.2) is 8.42 Å². The molecule has 0 spiro atoms. The molecule has 1 atom stereocenters. The van der Waals surface area contributed by atoms with E-state index in [2.05, 4.69) is 5.32 Å². The second-order valence-electron chi connectivity index (χ2n) is 8.99. The topological polar surface area (TPSA) is 105 Å². The van der Waals surface area contributed by atoms with E-state index < -0.39 is 22.0 Å². The molecule has 5 rings (SSSR count). The lowest BCUT2D eigenvalue weighted by Crippen LogP contribution is -2.44. The van der Waals surface area contributed by atoms with E-state index in [1.807, 2.05) is 12.1 Å². The molecule has 1 unspecified atom stereocenters. The minimum Gasteiger partial charge on any atom is -0.479 e. The molecule has 9 nitrogen and oxygen atoms in total. The maximum Gasteiger partial charge on any atom is 0.268 e. The van der Waals surface area contributed by atoms with Crippen LogP contribution in [0, 0.1) is 0 Å². The van der Waals surface area contributed by atoms with Crippen LogP contribution < -0.4 is 15.0 Å². The SMILES string of the molecule is CC1Oc2ccc(NC(=O)c3ccc(S(=O)(=O)N4CCOCC4)cc3)cc2N(Cc2ccc(Cl)cc2)C1=O. The van der Waals surface area contributed by atoms with Crippen molar-refractivity contribution in [1.29, 1.82) is 0 Å². The van der Waals surface area contributed by atoms with Crippen molar-refractivity contribution in [3.05, 3.63) is 82.9 Å². The molecule has 11 heteroatoms. The van der Waals surface area contributed by atoms with E-state index in [1.165, 1.54) is 28.6 Å². The van der Waals surface area contributed by atoms with E-state index in [0.29, 0.717) is 60.6 Å². The number of halogens is 1. The zero-order valence-corrected chi connectivity index (χ0v) is 22.2. The highest BCUT2D eigenvalue weighted by molar-refractivity contribution is 7.89. The van der Waals surface area contributed by atoms with Gasteiger partial charge in [0.1, 0.15) is 5.75 Å². The van der Waals surface area contributed by atoms with E-state index >= 15 is 0 Å². The van der Waals surface area contributed by atoms with Crippen molar-refractivity contribution in [2.24, 2.45) is 0 Å². The quantitative estimate of drug-likeness (QED) is 0.494. The molecular formula is C27H26ClN3O6S. The second-order valence-corrected chi connectivity index (χ2v) is 11.4. The van der Waals surface area contributed by atoms with Gasteiger partial charge in [-0.2, -0.15) is 4.31 Å². The van der Waals surface area contributed by atoms with Crippen molar-refractivity contribution in [3.63, 3.8) is 0 Å². The summed E-state index contributed by atoms with van der Waals surface area (Å²) in [5.41, 5.74) is 2.19. The van der Waals surface area contributed by atoms with Crippen molar-refractivity contribution in [2.75, 3.05) is 36.5 Å². The van der Waals surface area contributed by atoms with Gasteiger partial charge in [-0.1, -0.05) is 23.7 Å². The van der Waals surface area contributed by atoms with Crippen LogP contribution in [-0.4, -0.2) is 56.9 Å². The maximum absolute atomic E-state index is 13.0. The molecule has 2 aliphatic rings. The summed E-state index contributed by atoms with van der Waals surface area (Å²) in [5.74, 6) is -0.0873. The van der Waals surface area contributed by atoms with Gasteiger partial charge in [-0.3, -0.25) is 9.59 Å². The number of nitrogens with zero attached hydrogens (tertiary/aromatic N) is 2. The number of sulfonamides is 1. The van der Waals surface area contributed by atoms with Gasteiger partial charge in [0.2, 0.25) is 10.0 Å². The summed E-state index contributed by atoms with van der Waals surface area (Å²) in [5, 5.41) is 3.43. The molecule has 1 saturated heterocycles. The Balaban J connectivity index is 1.34. The minimum atomic E-state index is -3.65. The zero-order valence-electron chi connectivity index (χ0n) is 20.6. The van der Waals surface area contributed by atoms with Gasteiger partial charge in [-0.05, 0) is 67.1 Å². The van der Waals surface area contributed by atoms with Crippen molar-refractivity contribution in [2.45, 2.75) is 24.5 Å². The fourth-order valence-electron chi connectivity index (χ4n) is 4.34. The first-order valence-electron chi connectivity index (χ1n) is 12.1. The summed E-state index contributed by atoms with van der Waals surface area (Å²) in [6, 6.07) is 18.1. The summed E-state index contributed by atoms with van der Waals surface area (Å²) >= 11 is 6.00. The summed E-state index contributed by atoms with van der Waals surface area (Å²) in [7, 11) is -3.65. The van der Waals surface area contributed by atoms with E-state index in [-0.39, 0.29) is 10.8 Å². The van der Waals surface area contributed by atoms with Gasteiger partial charge in [-0.15, -0.1) is 0 Å². The molecule has 1 fully saturated rings. The zero-order chi connectivity index (χ0) is 26.9. The third-order valence-corrected chi connectivity index (χ3v) is 8.57. The number of hydrogen-bond donors (Lipinski definition) is 1. The Morgan fingerprint density at radius 1 is 1.03 bits per heavy atom. The average molecular weight is 556 g/mol. The molecule has 2 aliphatic heterocycles. The number of nitrogens with one attached hydrogen (secondary N) is 1. The molecule has 0 saturated carbocycles. The Morgan fingerprint density at radius 3 is 2.39 bits per heavy atom. The van der Waals surface area contributed by atoms with Crippen LogP contribution in [0.15, 0.2) is 71.6 Å². The summed E-state index contributed by atoms with van der Waals surface area (Å²) in [6.07, 6.45) is -0.650. The van der Waals surface area contributed by atoms with Crippen LogP contribution in [0.1, 0.15) is 22.8 Å². The van der Waals surface area contributed by atoms with Crippen LogP contribution in [-0.2, 0) is 26.1 Å². The molecule has 38 heavy (non-hydrogen) atoms. The third-order valence-electron chi connectivity index (χ3n) is 6.40. The largest absolute Gasteiger partial charge is 0.479 e. The second kappa shape index (κ2) is 10.7. The normalized spacial score (nSPS) is 18.0. The van der Waals surface area contributed by atoms with Gasteiger partial charge < -0.3 is 19.7 Å². The summed E-state index contributed by atoms with van der Waals surface area (Å²) < 4.78 is 38.1. The molecule has 0 bridgehead atoms. The van der Waals surface area contributed by atoms with E-state index in [1.54, 1.807) is 42.2 Å². The molecule has 0 aromatic heterocycles. The predicted molar refractivity (Wildman–Crippen MR) is 143 cm³/mol. The van der Waals surface area contributed by atoms with Crippen molar-refractivity contribution in [3.8, 4) is 5.75 Å². The first-order chi connectivity index (χ1) is 18.2. The molecule has 198 valence electrons. The standard InChI is InChI=1S/C27H26ClN3O6S/c1-18-27(33)31(17-19-2-6-21(28)7-3-19)24-16-22(8-11-25(24)37-18)29-26(32)20-4-9-23(10-5-20)38(34,35)30-12-14-36-15-13-30/h2-11,16,18H,12-15,17H2,1H3,(H,29,32). The number of fused-ring (bicyclic) bond motifs is 1. The number of anilines is 2. The van der Waals surface area contributed by atoms with E-state index in [4.69, 9.17) is 21.1 Å². The third kappa shape index (κ3) is 5.39. The predicted octanol–water partition coefficient (Wildman–Crippen LogP) is 3.93. The number of hydrogen-bond acceptors (Lipinski definition) is 6. The van der Waals surface area contributed by atoms with Gasteiger partial charge in [0.15, 0.2) is 6.10 Å². The van der Waals surface area contributed by atoms with Crippen LogP contribution in [0.25, 0.3) is 0 Å². The van der Waals surface area contributed by atoms with Crippen LogP contribution in [0.2, 0.25) is 5.02 Å². The lowest BCUT2D eigenvalue weighted by Gasteiger charge is -2.33.